The minimum Gasteiger partial charge on any atom is -0.385 e. The highest BCUT2D eigenvalue weighted by Gasteiger charge is 2.25. The highest BCUT2D eigenvalue weighted by Crippen LogP contribution is 2.15. The first-order chi connectivity index (χ1) is 10.1. The van der Waals surface area contributed by atoms with Gasteiger partial charge in [-0.25, -0.2) is 0 Å². The molecule has 0 aliphatic carbocycles. The molecule has 1 amide bonds. The molecule has 1 aromatic heterocycles. The molecule has 1 aliphatic heterocycles. The predicted octanol–water partition coefficient (Wildman–Crippen LogP) is 2.07. The third kappa shape index (κ3) is 4.17. The van der Waals surface area contributed by atoms with Gasteiger partial charge < -0.3 is 15.1 Å². The second kappa shape index (κ2) is 7.41. The normalized spacial score (nSPS) is 20.1. The van der Waals surface area contributed by atoms with E-state index in [-0.39, 0.29) is 11.9 Å². The van der Waals surface area contributed by atoms with Crippen molar-refractivity contribution in [2.75, 3.05) is 38.5 Å². The zero-order valence-corrected chi connectivity index (χ0v) is 13.3. The molecule has 2 heterocycles. The van der Waals surface area contributed by atoms with Gasteiger partial charge in [-0.05, 0) is 45.5 Å². The van der Waals surface area contributed by atoms with E-state index in [9.17, 15) is 4.79 Å². The fourth-order valence-corrected chi connectivity index (χ4v) is 2.75. The Morgan fingerprint density at radius 1 is 1.48 bits per heavy atom. The van der Waals surface area contributed by atoms with Gasteiger partial charge in [0, 0.05) is 37.6 Å². The molecule has 21 heavy (non-hydrogen) atoms. The molecule has 1 atom stereocenters. The molecule has 0 spiro atoms. The molecule has 5 heteroatoms. The van der Waals surface area contributed by atoms with Gasteiger partial charge in [-0.2, -0.15) is 0 Å². The second-order valence-electron chi connectivity index (χ2n) is 5.82. The summed E-state index contributed by atoms with van der Waals surface area (Å²) in [4.78, 5) is 21.2. The average Bonchev–Trinajstić information content (AvgIpc) is 2.65. The summed E-state index contributed by atoms with van der Waals surface area (Å²) in [5.41, 5.74) is 1.50. The molecular formula is C16H26N4O. The lowest BCUT2D eigenvalue weighted by Crippen LogP contribution is -2.42. The van der Waals surface area contributed by atoms with Gasteiger partial charge in [-0.3, -0.25) is 9.78 Å². The van der Waals surface area contributed by atoms with E-state index in [1.807, 2.05) is 17.0 Å². The van der Waals surface area contributed by atoms with E-state index in [4.69, 9.17) is 0 Å². The Balaban J connectivity index is 2.11. The lowest BCUT2D eigenvalue weighted by atomic mass is 10.2. The molecule has 5 nitrogen and oxygen atoms in total. The maximum Gasteiger partial charge on any atom is 0.272 e. The van der Waals surface area contributed by atoms with Crippen molar-refractivity contribution in [3.8, 4) is 0 Å². The van der Waals surface area contributed by atoms with Gasteiger partial charge in [0.2, 0.25) is 0 Å². The molecule has 0 bridgehead atoms. The van der Waals surface area contributed by atoms with E-state index in [0.717, 1.165) is 44.7 Å². The maximum atomic E-state index is 12.7. The molecular weight excluding hydrogens is 264 g/mol. The minimum absolute atomic E-state index is 0.0398. The number of anilines is 1. The lowest BCUT2D eigenvalue weighted by Gasteiger charge is -2.27. The molecule has 1 aliphatic rings. The molecule has 1 N–H and O–H groups in total. The molecule has 0 radical (unpaired) electrons. The van der Waals surface area contributed by atoms with Crippen LogP contribution in [0.4, 0.5) is 5.69 Å². The number of carbonyl (C=O) groups is 1. The number of aromatic nitrogens is 1. The molecule has 0 saturated carbocycles. The first-order valence-corrected chi connectivity index (χ1v) is 7.81. The number of amides is 1. The number of carbonyl (C=O) groups excluding carboxylic acids is 1. The summed E-state index contributed by atoms with van der Waals surface area (Å²) in [5.74, 6) is 0.0398. The van der Waals surface area contributed by atoms with Crippen molar-refractivity contribution in [1.29, 1.82) is 0 Å². The van der Waals surface area contributed by atoms with Crippen LogP contribution in [-0.4, -0.2) is 60.0 Å². The van der Waals surface area contributed by atoms with Crippen molar-refractivity contribution in [2.24, 2.45) is 0 Å². The smallest absolute Gasteiger partial charge is 0.272 e. The number of rotatable bonds is 4. The van der Waals surface area contributed by atoms with E-state index in [1.54, 1.807) is 6.20 Å². The van der Waals surface area contributed by atoms with Gasteiger partial charge in [0.25, 0.3) is 5.91 Å². The molecule has 1 aromatic rings. The molecule has 1 fully saturated rings. The minimum atomic E-state index is 0.0398. The fourth-order valence-electron chi connectivity index (χ4n) is 2.75. The van der Waals surface area contributed by atoms with Crippen LogP contribution >= 0.6 is 0 Å². The third-order valence-electron chi connectivity index (χ3n) is 3.87. The van der Waals surface area contributed by atoms with E-state index in [0.29, 0.717) is 5.69 Å². The first kappa shape index (κ1) is 15.8. The van der Waals surface area contributed by atoms with Crippen molar-refractivity contribution in [3.63, 3.8) is 0 Å². The van der Waals surface area contributed by atoms with Crippen LogP contribution in [0.15, 0.2) is 18.3 Å². The SMILES string of the molecule is CCCNc1ccnc(C(=O)N2CCCN(C)CC2C)c1. The molecule has 1 saturated heterocycles. The summed E-state index contributed by atoms with van der Waals surface area (Å²) in [6.07, 6.45) is 3.78. The Morgan fingerprint density at radius 3 is 3.05 bits per heavy atom. The van der Waals surface area contributed by atoms with Gasteiger partial charge in [0.1, 0.15) is 5.69 Å². The monoisotopic (exact) mass is 290 g/mol. The zero-order valence-electron chi connectivity index (χ0n) is 13.3. The summed E-state index contributed by atoms with van der Waals surface area (Å²) in [7, 11) is 2.11. The lowest BCUT2D eigenvalue weighted by molar-refractivity contribution is 0.0690. The van der Waals surface area contributed by atoms with Crippen LogP contribution in [0.2, 0.25) is 0 Å². The van der Waals surface area contributed by atoms with E-state index in [1.165, 1.54) is 0 Å². The summed E-state index contributed by atoms with van der Waals surface area (Å²) in [6.45, 7) is 7.90. The second-order valence-corrected chi connectivity index (χ2v) is 5.82. The van der Waals surface area contributed by atoms with Gasteiger partial charge in [-0.15, -0.1) is 0 Å². The van der Waals surface area contributed by atoms with Gasteiger partial charge in [0.05, 0.1) is 0 Å². The number of hydrogen-bond donors (Lipinski definition) is 1. The Hall–Kier alpha value is -1.62. The van der Waals surface area contributed by atoms with Crippen LogP contribution in [-0.2, 0) is 0 Å². The number of nitrogens with one attached hydrogen (secondary N) is 1. The Bertz CT molecular complexity index is 477. The predicted molar refractivity (Wildman–Crippen MR) is 85.6 cm³/mol. The summed E-state index contributed by atoms with van der Waals surface area (Å²) >= 11 is 0. The zero-order chi connectivity index (χ0) is 15.2. The number of nitrogens with zero attached hydrogens (tertiary/aromatic N) is 3. The van der Waals surface area contributed by atoms with Crippen LogP contribution in [0, 0.1) is 0 Å². The molecule has 0 aromatic carbocycles. The standard InChI is InChI=1S/C16H26N4O/c1-4-7-17-14-6-8-18-15(11-14)16(21)20-10-5-9-19(3)12-13(20)2/h6,8,11,13H,4-5,7,9-10,12H2,1-3H3,(H,17,18). The van der Waals surface area contributed by atoms with Crippen molar-refractivity contribution < 1.29 is 4.79 Å². The highest BCUT2D eigenvalue weighted by atomic mass is 16.2. The Labute approximate surface area is 127 Å². The summed E-state index contributed by atoms with van der Waals surface area (Å²) in [5, 5.41) is 3.30. The van der Waals surface area contributed by atoms with Crippen LogP contribution in [0.25, 0.3) is 0 Å². The Morgan fingerprint density at radius 2 is 2.29 bits per heavy atom. The quantitative estimate of drug-likeness (QED) is 0.922. The first-order valence-electron chi connectivity index (χ1n) is 7.81. The van der Waals surface area contributed by atoms with Crippen molar-refractivity contribution in [3.05, 3.63) is 24.0 Å². The van der Waals surface area contributed by atoms with Crippen molar-refractivity contribution in [2.45, 2.75) is 32.7 Å². The molecule has 2 rings (SSSR count). The number of likely N-dealkylation sites (N-methyl/N-ethyl adjacent to an activating group) is 1. The Kier molecular flexibility index (Phi) is 5.56. The maximum absolute atomic E-state index is 12.7. The fraction of sp³-hybridized carbons (Fsp3) is 0.625. The van der Waals surface area contributed by atoms with Crippen LogP contribution in [0.1, 0.15) is 37.2 Å². The largest absolute Gasteiger partial charge is 0.385 e. The van der Waals surface area contributed by atoms with E-state index in [2.05, 4.69) is 36.1 Å². The van der Waals surface area contributed by atoms with Crippen LogP contribution < -0.4 is 5.32 Å². The topological polar surface area (TPSA) is 48.5 Å². The van der Waals surface area contributed by atoms with Gasteiger partial charge in [-0.1, -0.05) is 6.92 Å². The van der Waals surface area contributed by atoms with Gasteiger partial charge in [0.15, 0.2) is 0 Å². The number of pyridine rings is 1. The summed E-state index contributed by atoms with van der Waals surface area (Å²) in [6, 6.07) is 3.99. The highest BCUT2D eigenvalue weighted by molar-refractivity contribution is 5.93. The van der Waals surface area contributed by atoms with E-state index < -0.39 is 0 Å². The third-order valence-corrected chi connectivity index (χ3v) is 3.87. The van der Waals surface area contributed by atoms with E-state index >= 15 is 0 Å². The molecule has 116 valence electrons. The molecule has 1 unspecified atom stereocenters. The number of hydrogen-bond acceptors (Lipinski definition) is 4. The van der Waals surface area contributed by atoms with Crippen molar-refractivity contribution >= 4 is 11.6 Å². The van der Waals surface area contributed by atoms with Crippen molar-refractivity contribution in [1.82, 2.24) is 14.8 Å². The van der Waals surface area contributed by atoms with Crippen LogP contribution in [0.3, 0.4) is 0 Å². The average molecular weight is 290 g/mol. The van der Waals surface area contributed by atoms with Gasteiger partial charge >= 0.3 is 0 Å². The van der Waals surface area contributed by atoms with Crippen LogP contribution in [0.5, 0.6) is 0 Å². The summed E-state index contributed by atoms with van der Waals surface area (Å²) < 4.78 is 0.